The number of aliphatic hydroxyl groups is 3. The Balaban J connectivity index is 0.710. The van der Waals surface area contributed by atoms with Gasteiger partial charge in [0.1, 0.15) is 36.5 Å². The number of carbonyl (C=O) groups is 4. The number of benzene rings is 3. The number of nitrogens with zero attached hydrogens (tertiary/aromatic N) is 6. The number of aromatic nitrogens is 4. The number of amides is 2. The van der Waals surface area contributed by atoms with Crippen LogP contribution in [0.15, 0.2) is 85.1 Å². The molecule has 85 heavy (non-hydrogen) atoms. The number of carbonyl (C=O) groups excluding carboxylic acids is 2. The first-order valence-electron chi connectivity index (χ1n) is 28.8. The molecule has 0 radical (unpaired) electrons. The van der Waals surface area contributed by atoms with Crippen LogP contribution in [0.3, 0.4) is 0 Å². The molecule has 23 heteroatoms. The van der Waals surface area contributed by atoms with Crippen LogP contribution in [-0.2, 0) is 38.5 Å². The van der Waals surface area contributed by atoms with Gasteiger partial charge >= 0.3 is 18.0 Å². The standard InChI is InChI=1S/C62H73N9O13S/c1-36-41(39-16-18-47(67-48(39)54(76)77)70-22-19-38-11-7-12-40(42(38)28-70)53(75)68-57-66-43-13-5-6-14-46(43)85-57)27-65-71(36)35-61-30-59(2)29-60(3,31-61)33-62(32-59,34-61)82-25-23-69(4)58(80)81-24-8-10-37-15-17-45(44(26-37)64-21-9-20-63)83-56-51(74)49(72)50(73)52(84-56)55(78)79/h5-8,10-18,26-27,49-52,56,64,72-74H,9,19-25,28-35,63H2,1-4H3,(H,76,77)(H,78,79)(H,66,68,75)/b10-8+/t49-,50-,51+,52-,56+,59?,60?,61?,62?/m0/s1. The summed E-state index contributed by atoms with van der Waals surface area (Å²) in [5.74, 6) is -2.23. The summed E-state index contributed by atoms with van der Waals surface area (Å²) in [7, 11) is 1.68. The van der Waals surface area contributed by atoms with Gasteiger partial charge in [-0.25, -0.2) is 24.4 Å². The Labute approximate surface area is 495 Å². The highest BCUT2D eigenvalue weighted by Crippen LogP contribution is 2.72. The molecule has 5 heterocycles. The van der Waals surface area contributed by atoms with Crippen LogP contribution in [-0.4, -0.2) is 157 Å². The smallest absolute Gasteiger partial charge is 0.409 e. The number of aromatic carboxylic acids is 1. The van der Waals surface area contributed by atoms with Crippen molar-refractivity contribution < 1.29 is 63.7 Å². The molecule has 4 bridgehead atoms. The van der Waals surface area contributed by atoms with E-state index in [1.165, 1.54) is 16.2 Å². The molecule has 12 rings (SSSR count). The molecule has 3 aromatic carbocycles. The van der Waals surface area contributed by atoms with Crippen LogP contribution in [0.2, 0.25) is 0 Å². The van der Waals surface area contributed by atoms with Gasteiger partial charge in [-0.05, 0) is 146 Å². The molecule has 5 fully saturated rings. The second-order valence-electron chi connectivity index (χ2n) is 24.5. The molecule has 2 amide bonds. The fourth-order valence-corrected chi connectivity index (χ4v) is 15.7. The normalized spacial score (nSPS) is 26.8. The number of pyridine rings is 1. The number of para-hydroxylation sites is 1. The molecular weight excluding hydrogens is 1110 g/mol. The van der Waals surface area contributed by atoms with Gasteiger partial charge in [0.05, 0.1) is 34.3 Å². The first kappa shape index (κ1) is 59.2. The van der Waals surface area contributed by atoms with Crippen LogP contribution >= 0.6 is 11.3 Å². The number of anilines is 3. The summed E-state index contributed by atoms with van der Waals surface area (Å²) in [6.07, 6.45) is 2.84. The number of carboxylic acid groups (broad SMARTS) is 2. The predicted octanol–water partition coefficient (Wildman–Crippen LogP) is 7.33. The Morgan fingerprint density at radius 2 is 1.71 bits per heavy atom. The number of fused-ring (bicyclic) bond motifs is 2. The third kappa shape index (κ3) is 12.3. The van der Waals surface area contributed by atoms with E-state index in [0.717, 1.165) is 65.6 Å². The zero-order valence-electron chi connectivity index (χ0n) is 48.0. The fraction of sp³-hybridized carbons (Fsp3) is 0.468. The van der Waals surface area contributed by atoms with E-state index in [2.05, 4.69) is 29.5 Å². The lowest BCUT2D eigenvalue weighted by molar-refractivity contribution is -0.271. The molecule has 6 aliphatic rings. The highest BCUT2D eigenvalue weighted by molar-refractivity contribution is 7.22. The molecule has 450 valence electrons. The number of thiazole rings is 1. The number of aliphatic hydroxyl groups excluding tert-OH is 3. The Morgan fingerprint density at radius 3 is 2.46 bits per heavy atom. The van der Waals surface area contributed by atoms with Gasteiger partial charge in [-0.2, -0.15) is 5.10 Å². The minimum absolute atomic E-state index is 0.0251. The summed E-state index contributed by atoms with van der Waals surface area (Å²) in [5.41, 5.74) is 11.6. The van der Waals surface area contributed by atoms with Gasteiger partial charge in [0.2, 0.25) is 6.29 Å². The molecule has 22 nitrogen and oxygen atoms in total. The molecule has 0 spiro atoms. The van der Waals surface area contributed by atoms with E-state index >= 15 is 0 Å². The molecule has 1 saturated heterocycles. The number of hydrogen-bond donors (Lipinski definition) is 8. The largest absolute Gasteiger partial charge is 0.479 e. The minimum atomic E-state index is -1.86. The molecule has 2 unspecified atom stereocenters. The van der Waals surface area contributed by atoms with Gasteiger partial charge in [-0.3, -0.25) is 14.8 Å². The van der Waals surface area contributed by atoms with E-state index in [4.69, 9.17) is 34.8 Å². The van der Waals surface area contributed by atoms with E-state index in [0.29, 0.717) is 97.6 Å². The van der Waals surface area contributed by atoms with Crippen LogP contribution in [0.1, 0.15) is 102 Å². The van der Waals surface area contributed by atoms with Gasteiger partial charge in [0.15, 0.2) is 16.9 Å². The first-order valence-corrected chi connectivity index (χ1v) is 29.6. The Hall–Kier alpha value is -7.51. The SMILES string of the molecule is Cc1c(-c2ccc(N3CCc4cccc(C(=O)Nc5nc6ccccc6s5)c4C3)nc2C(=O)O)cnn1CC12CC3(C)CC(C)(C1)CC(OCCN(C)C(=O)OC/C=C/c1ccc(O[C@@H]4O[C@H](C(=O)O)[C@@H](O)[C@H](O)[C@H]4O)c(NCCCN)c1)(C3)C2. The summed E-state index contributed by atoms with van der Waals surface area (Å²) in [5, 5.41) is 62.8. The van der Waals surface area contributed by atoms with Crippen molar-refractivity contribution in [2.75, 3.05) is 62.0 Å². The number of rotatable bonds is 21. The molecule has 7 atom stereocenters. The zero-order chi connectivity index (χ0) is 60.0. The quantitative estimate of drug-likeness (QED) is 0.0327. The second kappa shape index (κ2) is 23.7. The van der Waals surface area contributed by atoms with Crippen LogP contribution in [0.5, 0.6) is 5.75 Å². The summed E-state index contributed by atoms with van der Waals surface area (Å²) in [4.78, 5) is 64.7. The van der Waals surface area contributed by atoms with Gasteiger partial charge in [-0.15, -0.1) is 0 Å². The lowest BCUT2D eigenvalue weighted by atomic mass is 9.39. The first-order chi connectivity index (χ1) is 40.6. The maximum absolute atomic E-state index is 13.8. The van der Waals surface area contributed by atoms with Crippen LogP contribution in [0.4, 0.5) is 21.4 Å². The molecule has 9 N–H and O–H groups in total. The van der Waals surface area contributed by atoms with E-state index in [-0.39, 0.29) is 40.2 Å². The van der Waals surface area contributed by atoms with Gasteiger partial charge in [0, 0.05) is 62.2 Å². The molecule has 2 aliphatic heterocycles. The Bertz CT molecular complexity index is 3500. The van der Waals surface area contributed by atoms with E-state index in [1.54, 1.807) is 43.6 Å². The van der Waals surface area contributed by atoms with Crippen molar-refractivity contribution >= 4 is 68.2 Å². The van der Waals surface area contributed by atoms with Crippen molar-refractivity contribution in [2.24, 2.45) is 22.0 Å². The number of likely N-dealkylation sites (N-methyl/N-ethyl adjacent to an activating group) is 1. The summed E-state index contributed by atoms with van der Waals surface area (Å²) >= 11 is 1.42. The lowest BCUT2D eigenvalue weighted by Gasteiger charge is -2.69. The summed E-state index contributed by atoms with van der Waals surface area (Å²) in [6, 6.07) is 22.2. The van der Waals surface area contributed by atoms with E-state index in [9.17, 15) is 44.7 Å². The molecular formula is C62H73N9O13S. The number of hydrogen-bond acceptors (Lipinski definition) is 18. The molecule has 4 aliphatic carbocycles. The van der Waals surface area contributed by atoms with Crippen molar-refractivity contribution in [3.8, 4) is 16.9 Å². The molecule has 3 aromatic heterocycles. The predicted molar refractivity (Wildman–Crippen MR) is 318 cm³/mol. The Kier molecular flexibility index (Phi) is 16.5. The number of nitrogens with two attached hydrogens (primary N) is 1. The van der Waals surface area contributed by atoms with E-state index < -0.39 is 54.3 Å². The maximum Gasteiger partial charge on any atom is 0.409 e. The number of carboxylic acids is 2. The maximum atomic E-state index is 13.8. The highest BCUT2D eigenvalue weighted by Gasteiger charge is 2.66. The van der Waals surface area contributed by atoms with Crippen LogP contribution in [0.25, 0.3) is 27.4 Å². The van der Waals surface area contributed by atoms with E-state index in [1.807, 2.05) is 71.1 Å². The number of ether oxygens (including phenoxy) is 4. The third-order valence-electron chi connectivity index (χ3n) is 17.5. The summed E-state index contributed by atoms with van der Waals surface area (Å²) < 4.78 is 26.8. The molecule has 6 aromatic rings. The average molecular weight is 1180 g/mol. The van der Waals surface area contributed by atoms with Crippen LogP contribution < -0.4 is 26.0 Å². The van der Waals surface area contributed by atoms with Gasteiger partial charge < -0.3 is 65.3 Å². The van der Waals surface area contributed by atoms with Crippen LogP contribution in [0, 0.1) is 23.2 Å². The average Bonchev–Trinajstić information content (AvgIpc) is 0.901. The highest BCUT2D eigenvalue weighted by atomic mass is 32.1. The van der Waals surface area contributed by atoms with Crippen molar-refractivity contribution in [1.29, 1.82) is 0 Å². The minimum Gasteiger partial charge on any atom is -0.479 e. The second-order valence-corrected chi connectivity index (χ2v) is 25.6. The number of nitrogens with one attached hydrogen (secondary N) is 2. The molecule has 4 saturated carbocycles. The lowest BCUT2D eigenvalue weighted by Crippen LogP contribution is -2.64. The third-order valence-corrected chi connectivity index (χ3v) is 18.4. The van der Waals surface area contributed by atoms with Gasteiger partial charge in [-0.1, -0.05) is 61.6 Å². The summed E-state index contributed by atoms with van der Waals surface area (Å²) in [6.45, 7) is 9.80. The van der Waals surface area contributed by atoms with Gasteiger partial charge in [0.25, 0.3) is 5.91 Å². The van der Waals surface area contributed by atoms with Crippen molar-refractivity contribution in [3.63, 3.8) is 0 Å². The fourth-order valence-electron chi connectivity index (χ4n) is 14.8. The number of aliphatic carboxylic acids is 1. The van der Waals surface area contributed by atoms with Crippen molar-refractivity contribution in [1.82, 2.24) is 24.6 Å². The monoisotopic (exact) mass is 1180 g/mol. The Morgan fingerprint density at radius 1 is 0.918 bits per heavy atom. The van der Waals surface area contributed by atoms with Crippen molar-refractivity contribution in [3.05, 3.63) is 119 Å². The van der Waals surface area contributed by atoms with Crippen molar-refractivity contribution in [2.45, 2.75) is 122 Å². The topological polar surface area (TPSA) is 307 Å². The zero-order valence-corrected chi connectivity index (χ0v) is 48.8.